The number of rotatable bonds is 6. The smallest absolute Gasteiger partial charge is 0.249 e. The summed E-state index contributed by atoms with van der Waals surface area (Å²) in [5, 5.41) is 10.4. The van der Waals surface area contributed by atoms with E-state index in [1.165, 1.54) is 0 Å². The Bertz CT molecular complexity index is 969. The molecule has 1 N–H and O–H groups in total. The molecule has 8 nitrogen and oxygen atoms in total. The largest absolute Gasteiger partial charge is 0.394 e. The SMILES string of the molecule is CCCN1CC=C[C@@]2(C)O[C@]34C=CCN(C(C)(C)C)C(=O)C3N([C@@H](CO)CC(C)C)C(=O)[C@@H]4[C@H]2C1=O. The van der Waals surface area contributed by atoms with Gasteiger partial charge in [-0.3, -0.25) is 14.4 Å². The van der Waals surface area contributed by atoms with Crippen LogP contribution in [-0.4, -0.2) is 92.6 Å². The zero-order chi connectivity index (χ0) is 26.6. The summed E-state index contributed by atoms with van der Waals surface area (Å²) in [6.45, 7) is 15.1. The molecular formula is C28H43N3O5. The van der Waals surface area contributed by atoms with Crippen molar-refractivity contribution in [3.05, 3.63) is 24.3 Å². The quantitative estimate of drug-likeness (QED) is 0.565. The van der Waals surface area contributed by atoms with E-state index >= 15 is 0 Å². The molecule has 0 radical (unpaired) electrons. The van der Waals surface area contributed by atoms with Crippen LogP contribution in [0.5, 0.6) is 0 Å². The second kappa shape index (κ2) is 9.28. The van der Waals surface area contributed by atoms with Gasteiger partial charge < -0.3 is 24.5 Å². The molecule has 8 heteroatoms. The van der Waals surface area contributed by atoms with Crippen molar-refractivity contribution < 1.29 is 24.2 Å². The van der Waals surface area contributed by atoms with Gasteiger partial charge in [-0.15, -0.1) is 0 Å². The summed E-state index contributed by atoms with van der Waals surface area (Å²) >= 11 is 0. The molecule has 1 spiro atoms. The first kappa shape index (κ1) is 26.9. The van der Waals surface area contributed by atoms with E-state index in [-0.39, 0.29) is 30.2 Å². The first-order valence-electron chi connectivity index (χ1n) is 13.4. The van der Waals surface area contributed by atoms with Crippen molar-refractivity contribution in [2.45, 2.75) is 90.1 Å². The molecular weight excluding hydrogens is 458 g/mol. The fourth-order valence-corrected chi connectivity index (χ4v) is 6.80. The summed E-state index contributed by atoms with van der Waals surface area (Å²) in [6, 6.07) is -1.49. The van der Waals surface area contributed by atoms with Crippen LogP contribution in [0.1, 0.15) is 61.3 Å². The predicted molar refractivity (Wildman–Crippen MR) is 137 cm³/mol. The number of aliphatic hydroxyl groups excluding tert-OH is 1. The second-order valence-corrected chi connectivity index (χ2v) is 12.4. The topological polar surface area (TPSA) is 90.4 Å². The number of carbonyl (C=O) groups is 3. The minimum atomic E-state index is -1.28. The average Bonchev–Trinajstić information content (AvgIpc) is 3.05. The van der Waals surface area contributed by atoms with E-state index in [2.05, 4.69) is 0 Å². The maximum atomic E-state index is 14.4. The van der Waals surface area contributed by atoms with Crippen molar-refractivity contribution in [2.24, 2.45) is 17.8 Å². The maximum Gasteiger partial charge on any atom is 0.249 e. The summed E-state index contributed by atoms with van der Waals surface area (Å²) in [4.78, 5) is 47.8. The molecule has 200 valence electrons. The summed E-state index contributed by atoms with van der Waals surface area (Å²) in [5.74, 6) is -1.98. The molecule has 4 aliphatic heterocycles. The third-order valence-corrected chi connectivity index (χ3v) is 8.23. The number of ether oxygens (including phenoxy) is 1. The zero-order valence-electron chi connectivity index (χ0n) is 22.9. The van der Waals surface area contributed by atoms with Gasteiger partial charge in [-0.05, 0) is 46.5 Å². The fraction of sp³-hybridized carbons (Fsp3) is 0.750. The molecule has 2 fully saturated rings. The van der Waals surface area contributed by atoms with E-state index in [4.69, 9.17) is 4.74 Å². The van der Waals surface area contributed by atoms with E-state index in [1.54, 1.807) is 14.7 Å². The molecule has 0 aromatic heterocycles. The molecule has 0 aromatic carbocycles. The van der Waals surface area contributed by atoms with Crippen LogP contribution < -0.4 is 0 Å². The third kappa shape index (κ3) is 4.01. The lowest BCUT2D eigenvalue weighted by molar-refractivity contribution is -0.158. The van der Waals surface area contributed by atoms with Crippen molar-refractivity contribution >= 4 is 17.7 Å². The molecule has 1 unspecified atom stereocenters. The van der Waals surface area contributed by atoms with Gasteiger partial charge in [-0.1, -0.05) is 45.1 Å². The first-order chi connectivity index (χ1) is 16.8. The number of likely N-dealkylation sites (tertiary alicyclic amines) is 1. The lowest BCUT2D eigenvalue weighted by atomic mass is 9.74. The zero-order valence-corrected chi connectivity index (χ0v) is 22.9. The highest BCUT2D eigenvalue weighted by atomic mass is 16.5. The Hall–Kier alpha value is -2.19. The number of hydrogen-bond acceptors (Lipinski definition) is 5. The molecule has 4 rings (SSSR count). The van der Waals surface area contributed by atoms with Gasteiger partial charge in [-0.2, -0.15) is 0 Å². The summed E-state index contributed by atoms with van der Waals surface area (Å²) in [6.07, 6.45) is 9.00. The van der Waals surface area contributed by atoms with E-state index in [1.807, 2.05) is 72.8 Å². The van der Waals surface area contributed by atoms with Crippen LogP contribution >= 0.6 is 0 Å². The van der Waals surface area contributed by atoms with Crippen LogP contribution in [-0.2, 0) is 19.1 Å². The van der Waals surface area contributed by atoms with Crippen LogP contribution in [0.2, 0.25) is 0 Å². The number of amides is 3. The standard InChI is InChI=1S/C28H43N3O5/c1-8-13-29-14-9-11-27(7)20(23(29)33)21-24(34)31(19(17-32)16-18(2)3)22-25(35)30(26(4,5)6)15-10-12-28(21,22)36-27/h9-12,18-22,32H,8,13-17H2,1-7H3/t19-,20+,21+,22?,27-,28+/m1/s1. The van der Waals surface area contributed by atoms with Gasteiger partial charge in [-0.25, -0.2) is 0 Å². The molecule has 4 heterocycles. The van der Waals surface area contributed by atoms with E-state index in [0.29, 0.717) is 26.1 Å². The van der Waals surface area contributed by atoms with Crippen molar-refractivity contribution in [1.29, 1.82) is 0 Å². The van der Waals surface area contributed by atoms with Crippen molar-refractivity contribution in [3.63, 3.8) is 0 Å². The molecule has 36 heavy (non-hydrogen) atoms. The summed E-state index contributed by atoms with van der Waals surface area (Å²) in [5.41, 5.74) is -2.78. The number of nitrogens with zero attached hydrogens (tertiary/aromatic N) is 3. The molecule has 0 saturated carbocycles. The molecule has 4 aliphatic rings. The van der Waals surface area contributed by atoms with E-state index in [0.717, 1.165) is 6.42 Å². The minimum Gasteiger partial charge on any atom is -0.394 e. The molecule has 0 aromatic rings. The van der Waals surface area contributed by atoms with Crippen LogP contribution in [0, 0.1) is 17.8 Å². The van der Waals surface area contributed by atoms with E-state index in [9.17, 15) is 19.5 Å². The number of aliphatic hydroxyl groups is 1. The normalized spacial score (nSPS) is 35.2. The van der Waals surface area contributed by atoms with Crippen LogP contribution in [0.3, 0.4) is 0 Å². The Morgan fingerprint density at radius 1 is 1.06 bits per heavy atom. The molecule has 2 saturated heterocycles. The monoisotopic (exact) mass is 501 g/mol. The number of carbonyl (C=O) groups excluding carboxylic acids is 3. The molecule has 0 bridgehead atoms. The highest BCUT2D eigenvalue weighted by molar-refractivity contribution is 6.00. The summed E-state index contributed by atoms with van der Waals surface area (Å²) < 4.78 is 6.84. The highest BCUT2D eigenvalue weighted by Gasteiger charge is 2.75. The van der Waals surface area contributed by atoms with Gasteiger partial charge in [0.1, 0.15) is 11.6 Å². The average molecular weight is 502 g/mol. The van der Waals surface area contributed by atoms with Gasteiger partial charge in [0.15, 0.2) is 0 Å². The van der Waals surface area contributed by atoms with Crippen molar-refractivity contribution in [1.82, 2.24) is 14.7 Å². The first-order valence-corrected chi connectivity index (χ1v) is 13.4. The van der Waals surface area contributed by atoms with Gasteiger partial charge in [0.25, 0.3) is 0 Å². The van der Waals surface area contributed by atoms with Gasteiger partial charge in [0.05, 0.1) is 30.1 Å². The molecule has 3 amide bonds. The van der Waals surface area contributed by atoms with Crippen molar-refractivity contribution in [2.75, 3.05) is 26.2 Å². The Balaban J connectivity index is 1.91. The third-order valence-electron chi connectivity index (χ3n) is 8.23. The van der Waals surface area contributed by atoms with Gasteiger partial charge >= 0.3 is 0 Å². The molecule has 0 aliphatic carbocycles. The van der Waals surface area contributed by atoms with Gasteiger partial charge in [0.2, 0.25) is 17.7 Å². The maximum absolute atomic E-state index is 14.4. The minimum absolute atomic E-state index is 0.109. The summed E-state index contributed by atoms with van der Waals surface area (Å²) in [7, 11) is 0. The Morgan fingerprint density at radius 2 is 1.72 bits per heavy atom. The van der Waals surface area contributed by atoms with Gasteiger partial charge in [0, 0.05) is 25.2 Å². The van der Waals surface area contributed by atoms with E-state index < -0.39 is 40.7 Å². The number of hydrogen-bond donors (Lipinski definition) is 1. The Labute approximate surface area is 215 Å². The highest BCUT2D eigenvalue weighted by Crippen LogP contribution is 2.58. The van der Waals surface area contributed by atoms with Crippen LogP contribution in [0.25, 0.3) is 0 Å². The fourth-order valence-electron chi connectivity index (χ4n) is 6.80. The second-order valence-electron chi connectivity index (χ2n) is 12.4. The lowest BCUT2D eigenvalue weighted by Crippen LogP contribution is -2.61. The molecule has 6 atom stereocenters. The van der Waals surface area contributed by atoms with Crippen molar-refractivity contribution in [3.8, 4) is 0 Å². The lowest BCUT2D eigenvalue weighted by Gasteiger charge is -2.43. The Kier molecular flexibility index (Phi) is 6.92. The van der Waals surface area contributed by atoms with Crippen LogP contribution in [0.15, 0.2) is 24.3 Å². The Morgan fingerprint density at radius 3 is 2.31 bits per heavy atom. The van der Waals surface area contributed by atoms with Crippen LogP contribution in [0.4, 0.5) is 0 Å². The predicted octanol–water partition coefficient (Wildman–Crippen LogP) is 2.37. The number of fused-ring (bicyclic) bond motifs is 2.